The van der Waals surface area contributed by atoms with E-state index in [9.17, 15) is 17.6 Å². The van der Waals surface area contributed by atoms with Crippen LogP contribution in [0.15, 0.2) is 48.5 Å². The van der Waals surface area contributed by atoms with E-state index in [1.165, 1.54) is 12.1 Å². The maximum absolute atomic E-state index is 13.2. The molecule has 2 aromatic carbocycles. The van der Waals surface area contributed by atoms with E-state index in [0.717, 1.165) is 16.8 Å². The third kappa shape index (κ3) is 3.61. The molecule has 2 aromatic rings. The summed E-state index contributed by atoms with van der Waals surface area (Å²) in [5.41, 5.74) is 2.67. The Kier molecular flexibility index (Phi) is 4.52. The number of carbonyl (C=O) groups is 1. The van der Waals surface area contributed by atoms with Gasteiger partial charge in [-0.25, -0.2) is 12.8 Å². The van der Waals surface area contributed by atoms with Crippen LogP contribution in [-0.4, -0.2) is 49.4 Å². The van der Waals surface area contributed by atoms with Crippen LogP contribution in [0.3, 0.4) is 0 Å². The van der Waals surface area contributed by atoms with Gasteiger partial charge in [0.15, 0.2) is 9.84 Å². The van der Waals surface area contributed by atoms with E-state index < -0.39 is 15.9 Å². The number of fused-ring (bicyclic) bond motifs is 1. The Morgan fingerprint density at radius 1 is 1.00 bits per heavy atom. The van der Waals surface area contributed by atoms with Crippen LogP contribution in [-0.2, 0) is 21.2 Å². The molecule has 0 aliphatic carbocycles. The second-order valence-electron chi connectivity index (χ2n) is 7.34. The SMILES string of the molecule is Cc1ccc(N2C(=O)CN(Cc3ccc(F)cc3)[C@H]3CS(=O)(=O)C[C@H]32)cc1. The number of rotatable bonds is 3. The van der Waals surface area contributed by atoms with Crippen LogP contribution in [0.2, 0.25) is 0 Å². The van der Waals surface area contributed by atoms with Gasteiger partial charge in [0.05, 0.1) is 24.1 Å². The number of aryl methyl sites for hydroxylation is 1. The van der Waals surface area contributed by atoms with E-state index in [1.54, 1.807) is 17.0 Å². The zero-order valence-corrected chi connectivity index (χ0v) is 15.8. The highest BCUT2D eigenvalue weighted by Gasteiger charge is 2.49. The first-order valence-electron chi connectivity index (χ1n) is 8.90. The average Bonchev–Trinajstić information content (AvgIpc) is 2.93. The van der Waals surface area contributed by atoms with E-state index >= 15 is 0 Å². The van der Waals surface area contributed by atoms with Gasteiger partial charge in [-0.3, -0.25) is 9.69 Å². The summed E-state index contributed by atoms with van der Waals surface area (Å²) in [6.07, 6.45) is 0. The summed E-state index contributed by atoms with van der Waals surface area (Å²) in [4.78, 5) is 16.5. The normalized spacial score (nSPS) is 24.8. The second kappa shape index (κ2) is 6.73. The number of hydrogen-bond donors (Lipinski definition) is 0. The van der Waals surface area contributed by atoms with E-state index in [1.807, 2.05) is 36.1 Å². The molecule has 0 radical (unpaired) electrons. The Hall–Kier alpha value is -2.25. The van der Waals surface area contributed by atoms with E-state index in [0.29, 0.717) is 6.54 Å². The highest BCUT2D eigenvalue weighted by molar-refractivity contribution is 7.91. The summed E-state index contributed by atoms with van der Waals surface area (Å²) in [5, 5.41) is 0. The first-order valence-corrected chi connectivity index (χ1v) is 10.7. The van der Waals surface area contributed by atoms with Gasteiger partial charge >= 0.3 is 0 Å². The Morgan fingerprint density at radius 2 is 1.63 bits per heavy atom. The first-order chi connectivity index (χ1) is 12.8. The second-order valence-corrected chi connectivity index (χ2v) is 9.50. The Balaban J connectivity index is 1.65. The Morgan fingerprint density at radius 3 is 2.30 bits per heavy atom. The molecule has 2 aliphatic heterocycles. The number of anilines is 1. The fraction of sp³-hybridized carbons (Fsp3) is 0.350. The molecule has 2 fully saturated rings. The minimum Gasteiger partial charge on any atom is -0.306 e. The highest BCUT2D eigenvalue weighted by atomic mass is 32.2. The van der Waals surface area contributed by atoms with Crippen LogP contribution < -0.4 is 4.90 Å². The van der Waals surface area contributed by atoms with Crippen LogP contribution in [0.25, 0.3) is 0 Å². The van der Waals surface area contributed by atoms with Gasteiger partial charge < -0.3 is 4.90 Å². The zero-order chi connectivity index (χ0) is 19.2. The third-order valence-electron chi connectivity index (χ3n) is 5.31. The van der Waals surface area contributed by atoms with Crippen molar-refractivity contribution in [1.29, 1.82) is 0 Å². The molecular formula is C20H21FN2O3S. The molecule has 0 aromatic heterocycles. The van der Waals surface area contributed by atoms with Crippen molar-refractivity contribution in [1.82, 2.24) is 4.90 Å². The van der Waals surface area contributed by atoms with E-state index in [2.05, 4.69) is 0 Å². The molecule has 2 aliphatic rings. The molecule has 142 valence electrons. The molecule has 0 bridgehead atoms. The minimum atomic E-state index is -3.23. The van der Waals surface area contributed by atoms with Gasteiger partial charge in [0, 0.05) is 18.3 Å². The summed E-state index contributed by atoms with van der Waals surface area (Å²) < 4.78 is 37.9. The molecular weight excluding hydrogens is 367 g/mol. The number of amides is 1. The number of carbonyl (C=O) groups excluding carboxylic acids is 1. The molecule has 2 atom stereocenters. The summed E-state index contributed by atoms with van der Waals surface area (Å²) in [7, 11) is -3.23. The molecule has 5 nitrogen and oxygen atoms in total. The van der Waals surface area contributed by atoms with Crippen LogP contribution in [0, 0.1) is 12.7 Å². The smallest absolute Gasteiger partial charge is 0.241 e. The highest BCUT2D eigenvalue weighted by Crippen LogP contribution is 2.32. The molecule has 27 heavy (non-hydrogen) atoms. The quantitative estimate of drug-likeness (QED) is 0.809. The lowest BCUT2D eigenvalue weighted by Crippen LogP contribution is -2.61. The van der Waals surface area contributed by atoms with Crippen molar-refractivity contribution in [3.63, 3.8) is 0 Å². The van der Waals surface area contributed by atoms with Gasteiger partial charge in [0.2, 0.25) is 5.91 Å². The topological polar surface area (TPSA) is 57.7 Å². The van der Waals surface area contributed by atoms with Crippen LogP contribution in [0.5, 0.6) is 0 Å². The van der Waals surface area contributed by atoms with Crippen LogP contribution >= 0.6 is 0 Å². The number of piperazine rings is 1. The van der Waals surface area contributed by atoms with Crippen molar-refractivity contribution < 1.29 is 17.6 Å². The minimum absolute atomic E-state index is 0.0306. The number of sulfone groups is 1. The van der Waals surface area contributed by atoms with Gasteiger partial charge in [0.25, 0.3) is 0 Å². The standard InChI is InChI=1S/C20H21FN2O3S/c1-14-2-8-17(9-3-14)23-19-13-27(25,26)12-18(19)22(11-20(23)24)10-15-4-6-16(21)7-5-15/h2-9,18-19H,10-13H2,1H3/t18-,19+/m0/s1. The molecule has 0 N–H and O–H groups in total. The Labute approximate surface area is 158 Å². The summed E-state index contributed by atoms with van der Waals surface area (Å²) in [6.45, 7) is 2.53. The van der Waals surface area contributed by atoms with Crippen molar-refractivity contribution in [3.8, 4) is 0 Å². The van der Waals surface area contributed by atoms with Gasteiger partial charge in [-0.15, -0.1) is 0 Å². The molecule has 7 heteroatoms. The molecule has 1 amide bonds. The van der Waals surface area contributed by atoms with Gasteiger partial charge in [0.1, 0.15) is 5.82 Å². The van der Waals surface area contributed by atoms with Crippen molar-refractivity contribution in [2.75, 3.05) is 23.0 Å². The third-order valence-corrected chi connectivity index (χ3v) is 7.01. The zero-order valence-electron chi connectivity index (χ0n) is 15.0. The number of nitrogens with zero attached hydrogens (tertiary/aromatic N) is 2. The summed E-state index contributed by atoms with van der Waals surface area (Å²) in [6, 6.07) is 13.0. The lowest BCUT2D eigenvalue weighted by Gasteiger charge is -2.43. The monoisotopic (exact) mass is 388 g/mol. The number of halogens is 1. The number of hydrogen-bond acceptors (Lipinski definition) is 4. The Bertz CT molecular complexity index is 958. The lowest BCUT2D eigenvalue weighted by molar-refractivity contribution is -0.123. The maximum Gasteiger partial charge on any atom is 0.241 e. The van der Waals surface area contributed by atoms with E-state index in [-0.39, 0.29) is 35.8 Å². The van der Waals surface area contributed by atoms with Crippen molar-refractivity contribution in [3.05, 3.63) is 65.5 Å². The van der Waals surface area contributed by atoms with Gasteiger partial charge in [-0.2, -0.15) is 0 Å². The van der Waals surface area contributed by atoms with Crippen LogP contribution in [0.4, 0.5) is 10.1 Å². The maximum atomic E-state index is 13.2. The van der Waals surface area contributed by atoms with Gasteiger partial charge in [-0.1, -0.05) is 29.8 Å². The van der Waals surface area contributed by atoms with Crippen molar-refractivity contribution >= 4 is 21.4 Å². The molecule has 0 unspecified atom stereocenters. The molecule has 2 saturated heterocycles. The summed E-state index contributed by atoms with van der Waals surface area (Å²) in [5.74, 6) is -0.425. The fourth-order valence-electron chi connectivity index (χ4n) is 4.00. The fourth-order valence-corrected chi connectivity index (χ4v) is 5.98. The molecule has 2 heterocycles. The summed E-state index contributed by atoms with van der Waals surface area (Å²) >= 11 is 0. The first kappa shape index (κ1) is 18.1. The van der Waals surface area contributed by atoms with Gasteiger partial charge in [-0.05, 0) is 36.8 Å². The predicted molar refractivity (Wildman–Crippen MR) is 102 cm³/mol. The largest absolute Gasteiger partial charge is 0.306 e. The van der Waals surface area contributed by atoms with E-state index in [4.69, 9.17) is 0 Å². The number of benzene rings is 2. The average molecular weight is 388 g/mol. The van der Waals surface area contributed by atoms with Crippen LogP contribution in [0.1, 0.15) is 11.1 Å². The predicted octanol–water partition coefficient (Wildman–Crippen LogP) is 2.15. The molecule has 4 rings (SSSR count). The van der Waals surface area contributed by atoms with Crippen molar-refractivity contribution in [2.45, 2.75) is 25.6 Å². The molecule has 0 saturated carbocycles. The lowest BCUT2D eigenvalue weighted by atomic mass is 10.0. The molecule has 0 spiro atoms. The van der Waals surface area contributed by atoms with Crippen molar-refractivity contribution in [2.24, 2.45) is 0 Å².